The Hall–Kier alpha value is -2.32. The van der Waals surface area contributed by atoms with Gasteiger partial charge in [-0.25, -0.2) is 4.98 Å². The van der Waals surface area contributed by atoms with E-state index >= 15 is 0 Å². The summed E-state index contributed by atoms with van der Waals surface area (Å²) in [5.41, 5.74) is 1.55. The molecule has 27 heavy (non-hydrogen) atoms. The number of thiazole rings is 1. The lowest BCUT2D eigenvalue weighted by Crippen LogP contribution is -2.46. The summed E-state index contributed by atoms with van der Waals surface area (Å²) in [5, 5.41) is 3.08. The molecule has 1 aromatic carbocycles. The molecule has 1 fully saturated rings. The first-order valence-electron chi connectivity index (χ1n) is 8.78. The summed E-state index contributed by atoms with van der Waals surface area (Å²) in [7, 11) is 0. The van der Waals surface area contributed by atoms with Crippen molar-refractivity contribution in [2.45, 2.75) is 23.2 Å². The van der Waals surface area contributed by atoms with Gasteiger partial charge >= 0.3 is 0 Å². The number of rotatable bonds is 5. The molecular formula is C19H19N3O3S2. The number of aromatic nitrogens is 1. The number of para-hydroxylation sites is 1. The minimum absolute atomic E-state index is 0.0128. The van der Waals surface area contributed by atoms with Crippen molar-refractivity contribution in [2.24, 2.45) is 0 Å². The fraction of sp³-hybridized carbons (Fsp3) is 0.316. The lowest BCUT2D eigenvalue weighted by atomic mass is 10.0. The third-order valence-electron chi connectivity index (χ3n) is 4.52. The van der Waals surface area contributed by atoms with Crippen LogP contribution in [0, 0.1) is 0 Å². The number of furan rings is 1. The monoisotopic (exact) mass is 401 g/mol. The van der Waals surface area contributed by atoms with Gasteiger partial charge in [-0.2, -0.15) is 0 Å². The third-order valence-corrected chi connectivity index (χ3v) is 6.70. The summed E-state index contributed by atoms with van der Waals surface area (Å²) in [4.78, 5) is 30.9. The zero-order valence-corrected chi connectivity index (χ0v) is 16.2. The van der Waals surface area contributed by atoms with E-state index in [2.05, 4.69) is 10.3 Å². The lowest BCUT2D eigenvalue weighted by molar-refractivity contribution is -0.119. The molecule has 0 radical (unpaired) electrons. The van der Waals surface area contributed by atoms with Gasteiger partial charge in [0.05, 0.1) is 27.8 Å². The molecule has 0 bridgehead atoms. The summed E-state index contributed by atoms with van der Waals surface area (Å²) in [5.74, 6) is 0.354. The van der Waals surface area contributed by atoms with E-state index in [0.717, 1.165) is 27.4 Å². The number of piperidine rings is 1. The molecule has 0 atom stereocenters. The molecule has 2 amide bonds. The Balaban J connectivity index is 1.23. The van der Waals surface area contributed by atoms with E-state index in [-0.39, 0.29) is 17.9 Å². The quantitative estimate of drug-likeness (QED) is 0.663. The smallest absolute Gasteiger partial charge is 0.257 e. The summed E-state index contributed by atoms with van der Waals surface area (Å²) in [6, 6.07) is 9.76. The molecule has 4 rings (SSSR count). The molecule has 1 aliphatic rings. The van der Waals surface area contributed by atoms with E-state index < -0.39 is 0 Å². The number of carbonyl (C=O) groups is 2. The molecule has 0 spiro atoms. The van der Waals surface area contributed by atoms with Crippen LogP contribution >= 0.6 is 23.1 Å². The van der Waals surface area contributed by atoms with Crippen LogP contribution in [0.1, 0.15) is 23.2 Å². The minimum Gasteiger partial charge on any atom is -0.472 e. The molecule has 1 aliphatic heterocycles. The van der Waals surface area contributed by atoms with Crippen molar-refractivity contribution >= 4 is 45.1 Å². The van der Waals surface area contributed by atoms with Crippen molar-refractivity contribution in [3.63, 3.8) is 0 Å². The molecule has 1 N–H and O–H groups in total. The highest BCUT2D eigenvalue weighted by molar-refractivity contribution is 8.01. The van der Waals surface area contributed by atoms with Crippen LogP contribution in [-0.2, 0) is 4.79 Å². The molecule has 0 saturated carbocycles. The van der Waals surface area contributed by atoms with Gasteiger partial charge in [-0.3, -0.25) is 9.59 Å². The first-order chi connectivity index (χ1) is 13.2. The predicted molar refractivity (Wildman–Crippen MR) is 106 cm³/mol. The fourth-order valence-electron chi connectivity index (χ4n) is 3.11. The second kappa shape index (κ2) is 8.14. The van der Waals surface area contributed by atoms with E-state index in [0.29, 0.717) is 24.4 Å². The van der Waals surface area contributed by atoms with Gasteiger partial charge < -0.3 is 14.6 Å². The summed E-state index contributed by atoms with van der Waals surface area (Å²) in [6.45, 7) is 1.28. The Kier molecular flexibility index (Phi) is 5.45. The van der Waals surface area contributed by atoms with Crippen LogP contribution in [0.2, 0.25) is 0 Å². The topological polar surface area (TPSA) is 75.4 Å². The zero-order valence-electron chi connectivity index (χ0n) is 14.6. The maximum absolute atomic E-state index is 12.3. The number of hydrogen-bond acceptors (Lipinski definition) is 6. The van der Waals surface area contributed by atoms with E-state index in [1.165, 1.54) is 24.3 Å². The van der Waals surface area contributed by atoms with Crippen molar-refractivity contribution in [3.8, 4) is 0 Å². The lowest BCUT2D eigenvalue weighted by Gasteiger charge is -2.32. The fourth-order valence-corrected chi connectivity index (χ4v) is 4.98. The normalized spacial score (nSPS) is 15.2. The van der Waals surface area contributed by atoms with Crippen LogP contribution < -0.4 is 5.32 Å². The largest absolute Gasteiger partial charge is 0.472 e. The van der Waals surface area contributed by atoms with Crippen molar-refractivity contribution in [3.05, 3.63) is 48.4 Å². The van der Waals surface area contributed by atoms with Crippen molar-refractivity contribution in [2.75, 3.05) is 18.8 Å². The van der Waals surface area contributed by atoms with E-state index in [1.54, 1.807) is 17.4 Å². The Bertz CT molecular complexity index is 898. The number of fused-ring (bicyclic) bond motifs is 1. The van der Waals surface area contributed by atoms with Crippen molar-refractivity contribution in [1.29, 1.82) is 0 Å². The van der Waals surface area contributed by atoms with Crippen LogP contribution in [0.4, 0.5) is 0 Å². The molecule has 3 aromatic rings. The van der Waals surface area contributed by atoms with Crippen LogP contribution in [0.5, 0.6) is 0 Å². The Labute approximate surface area is 164 Å². The molecule has 0 unspecified atom stereocenters. The Morgan fingerprint density at radius 3 is 2.81 bits per heavy atom. The number of benzene rings is 1. The molecule has 8 heteroatoms. The van der Waals surface area contributed by atoms with Crippen molar-refractivity contribution in [1.82, 2.24) is 15.2 Å². The molecule has 1 saturated heterocycles. The summed E-state index contributed by atoms with van der Waals surface area (Å²) >= 11 is 3.07. The number of nitrogens with zero attached hydrogens (tertiary/aromatic N) is 2. The van der Waals surface area contributed by atoms with Crippen molar-refractivity contribution < 1.29 is 14.0 Å². The van der Waals surface area contributed by atoms with Gasteiger partial charge in [-0.1, -0.05) is 23.9 Å². The second-order valence-electron chi connectivity index (χ2n) is 6.38. The average Bonchev–Trinajstić information content (AvgIpc) is 3.36. The van der Waals surface area contributed by atoms with Gasteiger partial charge in [0, 0.05) is 19.1 Å². The highest BCUT2D eigenvalue weighted by Crippen LogP contribution is 2.29. The number of hydrogen-bond donors (Lipinski definition) is 1. The number of amides is 2. The number of nitrogens with one attached hydrogen (secondary N) is 1. The average molecular weight is 402 g/mol. The highest BCUT2D eigenvalue weighted by Gasteiger charge is 2.25. The van der Waals surface area contributed by atoms with Gasteiger partial charge in [-0.15, -0.1) is 11.3 Å². The van der Waals surface area contributed by atoms with Gasteiger partial charge in [-0.05, 0) is 31.0 Å². The summed E-state index contributed by atoms with van der Waals surface area (Å²) in [6.07, 6.45) is 4.50. The zero-order chi connectivity index (χ0) is 18.6. The maximum Gasteiger partial charge on any atom is 0.257 e. The predicted octanol–water partition coefficient (Wildman–Crippen LogP) is 3.40. The summed E-state index contributed by atoms with van der Waals surface area (Å²) < 4.78 is 7.02. The molecule has 6 nitrogen and oxygen atoms in total. The van der Waals surface area contributed by atoms with Crippen LogP contribution in [0.25, 0.3) is 10.2 Å². The second-order valence-corrected chi connectivity index (χ2v) is 8.64. The maximum atomic E-state index is 12.3. The van der Waals surface area contributed by atoms with E-state index in [9.17, 15) is 9.59 Å². The molecule has 0 aliphatic carbocycles. The molecular weight excluding hydrogens is 382 g/mol. The number of likely N-dealkylation sites (tertiary alicyclic amines) is 1. The van der Waals surface area contributed by atoms with E-state index in [4.69, 9.17) is 4.42 Å². The van der Waals surface area contributed by atoms with Gasteiger partial charge in [0.25, 0.3) is 5.91 Å². The van der Waals surface area contributed by atoms with Crippen LogP contribution in [0.15, 0.2) is 51.6 Å². The van der Waals surface area contributed by atoms with E-state index in [1.807, 2.05) is 29.2 Å². The van der Waals surface area contributed by atoms with Gasteiger partial charge in [0.2, 0.25) is 5.91 Å². The first kappa shape index (κ1) is 18.1. The van der Waals surface area contributed by atoms with Crippen LogP contribution in [0.3, 0.4) is 0 Å². The standard InChI is InChI=1S/C19H19N3O3S2/c23-17(12-26-19-21-15-3-1-2-4-16(15)27-19)20-14-5-8-22(9-6-14)18(24)13-7-10-25-11-13/h1-4,7,10-11,14H,5-6,8-9,12H2,(H,20,23). The van der Waals surface area contributed by atoms with Gasteiger partial charge in [0.15, 0.2) is 4.34 Å². The van der Waals surface area contributed by atoms with Gasteiger partial charge in [0.1, 0.15) is 6.26 Å². The SMILES string of the molecule is O=C(CSc1nc2ccccc2s1)NC1CCN(C(=O)c2ccoc2)CC1. The third kappa shape index (κ3) is 4.33. The highest BCUT2D eigenvalue weighted by atomic mass is 32.2. The number of thioether (sulfide) groups is 1. The molecule has 2 aromatic heterocycles. The molecule has 3 heterocycles. The Morgan fingerprint density at radius 2 is 2.07 bits per heavy atom. The van der Waals surface area contributed by atoms with Crippen LogP contribution in [-0.4, -0.2) is 46.6 Å². The Morgan fingerprint density at radius 1 is 1.26 bits per heavy atom. The minimum atomic E-state index is -0.0140. The molecule has 140 valence electrons. The number of carbonyl (C=O) groups excluding carboxylic acids is 2. The first-order valence-corrected chi connectivity index (χ1v) is 10.6.